The number of halogens is 1. The molecule has 0 spiro atoms. The molecule has 2 N–H and O–H groups in total. The van der Waals surface area contributed by atoms with Gasteiger partial charge in [-0.1, -0.05) is 0 Å². The zero-order valence-corrected chi connectivity index (χ0v) is 11.6. The number of hydrogen-bond donors (Lipinski definition) is 1. The molecule has 0 saturated carbocycles. The highest BCUT2D eigenvalue weighted by Gasteiger charge is 2.23. The zero-order valence-electron chi connectivity index (χ0n) is 11.6. The molecule has 2 aromatic rings. The van der Waals surface area contributed by atoms with Gasteiger partial charge in [0.05, 0.1) is 0 Å². The van der Waals surface area contributed by atoms with Crippen LogP contribution in [0.5, 0.6) is 0 Å². The van der Waals surface area contributed by atoms with E-state index in [-0.39, 0.29) is 11.9 Å². The van der Waals surface area contributed by atoms with Crippen molar-refractivity contribution in [3.8, 4) is 5.69 Å². The topological polar surface area (TPSA) is 64.2 Å². The Bertz CT molecular complexity index is 641. The molecule has 1 aliphatic heterocycles. The van der Waals surface area contributed by atoms with E-state index in [1.165, 1.54) is 10.7 Å². The predicted molar refractivity (Wildman–Crippen MR) is 76.6 cm³/mol. The van der Waals surface area contributed by atoms with Gasteiger partial charge in [0.1, 0.15) is 11.5 Å². The number of nitrogens with zero attached hydrogens (tertiary/aromatic N) is 3. The maximum absolute atomic E-state index is 14.2. The maximum Gasteiger partial charge on any atom is 0.254 e. The van der Waals surface area contributed by atoms with Gasteiger partial charge in [-0.3, -0.25) is 4.79 Å². The molecule has 1 aromatic carbocycles. The quantitative estimate of drug-likeness (QED) is 0.912. The Morgan fingerprint density at radius 2 is 2.29 bits per heavy atom. The molecule has 1 atom stereocenters. The van der Waals surface area contributed by atoms with Crippen LogP contribution in [0.3, 0.4) is 0 Å². The van der Waals surface area contributed by atoms with Gasteiger partial charge in [0.2, 0.25) is 0 Å². The third kappa shape index (κ3) is 2.80. The van der Waals surface area contributed by atoms with Crippen molar-refractivity contribution in [2.75, 3.05) is 13.1 Å². The van der Waals surface area contributed by atoms with Crippen molar-refractivity contribution in [1.82, 2.24) is 14.7 Å². The summed E-state index contributed by atoms with van der Waals surface area (Å²) in [5, 5.41) is 3.99. The molecule has 0 unspecified atom stereocenters. The number of carbonyl (C=O) groups is 1. The van der Waals surface area contributed by atoms with Gasteiger partial charge in [-0.25, -0.2) is 9.07 Å². The van der Waals surface area contributed by atoms with E-state index in [4.69, 9.17) is 5.73 Å². The second-order valence-corrected chi connectivity index (χ2v) is 5.27. The average molecular weight is 288 g/mol. The summed E-state index contributed by atoms with van der Waals surface area (Å²) in [6.45, 7) is 1.20. The second kappa shape index (κ2) is 5.65. The lowest BCUT2D eigenvalue weighted by atomic mass is 10.1. The van der Waals surface area contributed by atoms with Crippen LogP contribution in [0.2, 0.25) is 0 Å². The summed E-state index contributed by atoms with van der Waals surface area (Å²) < 4.78 is 15.6. The lowest BCUT2D eigenvalue weighted by Gasteiger charge is -2.30. The van der Waals surface area contributed by atoms with Crippen LogP contribution < -0.4 is 5.73 Å². The molecule has 1 saturated heterocycles. The van der Waals surface area contributed by atoms with Gasteiger partial charge < -0.3 is 10.6 Å². The fourth-order valence-corrected chi connectivity index (χ4v) is 2.61. The summed E-state index contributed by atoms with van der Waals surface area (Å²) in [4.78, 5) is 14.1. The molecule has 5 nitrogen and oxygen atoms in total. The number of carbonyl (C=O) groups excluding carboxylic acids is 1. The summed E-state index contributed by atoms with van der Waals surface area (Å²) in [6.07, 6.45) is 5.05. The van der Waals surface area contributed by atoms with Crippen LogP contribution in [0, 0.1) is 5.82 Å². The summed E-state index contributed by atoms with van der Waals surface area (Å²) in [6, 6.07) is 6.19. The minimum absolute atomic E-state index is 0.0101. The monoisotopic (exact) mass is 288 g/mol. The molecule has 3 rings (SSSR count). The summed E-state index contributed by atoms with van der Waals surface area (Å²) >= 11 is 0. The first-order chi connectivity index (χ1) is 10.1. The van der Waals surface area contributed by atoms with E-state index in [2.05, 4.69) is 5.10 Å². The van der Waals surface area contributed by atoms with Crippen LogP contribution in [0.4, 0.5) is 4.39 Å². The molecule has 6 heteroatoms. The van der Waals surface area contributed by atoms with Gasteiger partial charge in [-0.2, -0.15) is 5.10 Å². The third-order valence-electron chi connectivity index (χ3n) is 3.69. The molecule has 21 heavy (non-hydrogen) atoms. The highest BCUT2D eigenvalue weighted by Crippen LogP contribution is 2.17. The van der Waals surface area contributed by atoms with Crippen molar-refractivity contribution in [3.05, 3.63) is 48.0 Å². The largest absolute Gasteiger partial charge is 0.337 e. The maximum atomic E-state index is 14.2. The van der Waals surface area contributed by atoms with Crippen LogP contribution in [0.1, 0.15) is 23.2 Å². The number of rotatable bonds is 2. The van der Waals surface area contributed by atoms with Crippen molar-refractivity contribution in [3.63, 3.8) is 0 Å². The summed E-state index contributed by atoms with van der Waals surface area (Å²) in [5.41, 5.74) is 6.55. The van der Waals surface area contributed by atoms with Gasteiger partial charge in [0.15, 0.2) is 0 Å². The van der Waals surface area contributed by atoms with E-state index in [0.29, 0.717) is 24.3 Å². The minimum atomic E-state index is -0.467. The highest BCUT2D eigenvalue weighted by atomic mass is 19.1. The number of nitrogens with two attached hydrogens (primary N) is 1. The Morgan fingerprint density at radius 3 is 2.95 bits per heavy atom. The van der Waals surface area contributed by atoms with E-state index < -0.39 is 5.82 Å². The van der Waals surface area contributed by atoms with Gasteiger partial charge in [-0.05, 0) is 37.1 Å². The Balaban J connectivity index is 1.83. The Morgan fingerprint density at radius 1 is 1.43 bits per heavy atom. The fourth-order valence-electron chi connectivity index (χ4n) is 2.61. The number of aromatic nitrogens is 2. The Labute approximate surface area is 122 Å². The van der Waals surface area contributed by atoms with Crippen LogP contribution in [0.25, 0.3) is 5.69 Å². The Hall–Kier alpha value is -2.21. The van der Waals surface area contributed by atoms with Crippen LogP contribution >= 0.6 is 0 Å². The molecule has 1 aromatic heterocycles. The molecule has 0 aliphatic carbocycles. The first-order valence-electron chi connectivity index (χ1n) is 6.99. The van der Waals surface area contributed by atoms with E-state index in [1.54, 1.807) is 35.5 Å². The third-order valence-corrected chi connectivity index (χ3v) is 3.69. The van der Waals surface area contributed by atoms with Crippen LogP contribution in [-0.2, 0) is 0 Å². The van der Waals surface area contributed by atoms with Crippen molar-refractivity contribution in [2.45, 2.75) is 18.9 Å². The van der Waals surface area contributed by atoms with Gasteiger partial charge in [-0.15, -0.1) is 0 Å². The van der Waals surface area contributed by atoms with E-state index >= 15 is 0 Å². The molecule has 1 amide bonds. The zero-order chi connectivity index (χ0) is 14.8. The van der Waals surface area contributed by atoms with Crippen LogP contribution in [-0.4, -0.2) is 39.7 Å². The predicted octanol–water partition coefficient (Wildman–Crippen LogP) is 1.57. The summed E-state index contributed by atoms with van der Waals surface area (Å²) in [7, 11) is 0. The molecular weight excluding hydrogens is 271 g/mol. The van der Waals surface area contributed by atoms with E-state index in [1.807, 2.05) is 0 Å². The molecule has 0 bridgehead atoms. The van der Waals surface area contributed by atoms with Crippen molar-refractivity contribution in [1.29, 1.82) is 0 Å². The normalized spacial score (nSPS) is 18.8. The first kappa shape index (κ1) is 13.8. The molecule has 110 valence electrons. The SMILES string of the molecule is N[C@H]1CCCN(C(=O)c2ccc(-n3cccn3)c(F)c2)C1. The second-order valence-electron chi connectivity index (χ2n) is 5.27. The number of hydrogen-bond acceptors (Lipinski definition) is 3. The number of likely N-dealkylation sites (tertiary alicyclic amines) is 1. The molecule has 1 aliphatic rings. The molecule has 2 heterocycles. The Kier molecular flexibility index (Phi) is 3.70. The summed E-state index contributed by atoms with van der Waals surface area (Å²) in [5.74, 6) is -0.637. The fraction of sp³-hybridized carbons (Fsp3) is 0.333. The first-order valence-corrected chi connectivity index (χ1v) is 6.99. The lowest BCUT2D eigenvalue weighted by Crippen LogP contribution is -2.45. The number of piperidine rings is 1. The smallest absolute Gasteiger partial charge is 0.254 e. The van der Waals surface area contributed by atoms with E-state index in [9.17, 15) is 9.18 Å². The number of amides is 1. The van der Waals surface area contributed by atoms with E-state index in [0.717, 1.165) is 12.8 Å². The number of benzene rings is 1. The van der Waals surface area contributed by atoms with Crippen molar-refractivity contribution in [2.24, 2.45) is 5.73 Å². The van der Waals surface area contributed by atoms with Gasteiger partial charge in [0.25, 0.3) is 5.91 Å². The van der Waals surface area contributed by atoms with Crippen molar-refractivity contribution >= 4 is 5.91 Å². The molecule has 1 fully saturated rings. The molecular formula is C15H17FN4O. The molecule has 0 radical (unpaired) electrons. The highest BCUT2D eigenvalue weighted by molar-refractivity contribution is 5.94. The van der Waals surface area contributed by atoms with Crippen molar-refractivity contribution < 1.29 is 9.18 Å². The standard InChI is InChI=1S/C15H17FN4O/c16-13-9-11(4-5-14(13)20-8-2-6-18-20)15(21)19-7-1-3-12(17)10-19/h2,4-6,8-9,12H,1,3,7,10,17H2/t12-/m0/s1. The van der Waals surface area contributed by atoms with Crippen LogP contribution in [0.15, 0.2) is 36.7 Å². The minimum Gasteiger partial charge on any atom is -0.337 e. The lowest BCUT2D eigenvalue weighted by molar-refractivity contribution is 0.0708. The van der Waals surface area contributed by atoms with Gasteiger partial charge in [0, 0.05) is 37.1 Å². The average Bonchev–Trinajstić information content (AvgIpc) is 3.00. The van der Waals surface area contributed by atoms with Gasteiger partial charge >= 0.3 is 0 Å².